The Kier molecular flexibility index (Phi) is 5.21. The average molecular weight is 389 g/mol. The minimum atomic E-state index is -0.554. The Hall–Kier alpha value is -3.21. The van der Waals surface area contributed by atoms with Crippen molar-refractivity contribution in [3.8, 4) is 5.69 Å². The van der Waals surface area contributed by atoms with Crippen molar-refractivity contribution in [2.75, 3.05) is 6.61 Å². The van der Waals surface area contributed by atoms with Crippen LogP contribution < -0.4 is 5.56 Å². The number of nitrogens with one attached hydrogen (secondary N) is 1. The van der Waals surface area contributed by atoms with Gasteiger partial charge in [-0.05, 0) is 26.0 Å². The summed E-state index contributed by atoms with van der Waals surface area (Å²) in [5.74, 6) is -0.408. The van der Waals surface area contributed by atoms with E-state index in [1.54, 1.807) is 13.8 Å². The zero-order valence-electron chi connectivity index (χ0n) is 14.4. The maximum atomic E-state index is 12.3. The smallest absolute Gasteiger partial charge is 0.319 e. The molecule has 2 heterocycles. The second kappa shape index (κ2) is 7.58. The van der Waals surface area contributed by atoms with Crippen molar-refractivity contribution in [3.63, 3.8) is 0 Å². The van der Waals surface area contributed by atoms with E-state index >= 15 is 0 Å². The monoisotopic (exact) mass is 389 g/mol. The molecule has 10 nitrogen and oxygen atoms in total. The Bertz CT molecular complexity index is 1060. The molecular weight excluding hydrogens is 374 g/mol. The zero-order valence-corrected chi connectivity index (χ0v) is 15.2. The molecule has 2 aromatic heterocycles. The summed E-state index contributed by atoms with van der Waals surface area (Å²) in [5.41, 5.74) is 0.349. The number of nitro benzene ring substituents is 1. The molecule has 0 amide bonds. The number of esters is 1. The van der Waals surface area contributed by atoms with E-state index in [1.807, 2.05) is 0 Å². The molecule has 0 spiro atoms. The zero-order chi connectivity index (χ0) is 19.6. The molecule has 11 heteroatoms. The summed E-state index contributed by atoms with van der Waals surface area (Å²) in [4.78, 5) is 41.4. The van der Waals surface area contributed by atoms with Gasteiger partial charge in [-0.25, -0.2) is 9.67 Å². The first-order valence-corrected chi connectivity index (χ1v) is 8.85. The largest absolute Gasteiger partial charge is 0.465 e. The number of thioether (sulfide) groups is 1. The molecule has 3 aromatic rings. The Balaban J connectivity index is 1.98. The van der Waals surface area contributed by atoms with E-state index in [-0.39, 0.29) is 28.5 Å². The molecule has 0 bridgehead atoms. The quantitative estimate of drug-likeness (QED) is 0.223. The summed E-state index contributed by atoms with van der Waals surface area (Å²) in [6.07, 6.45) is 1.37. The highest BCUT2D eigenvalue weighted by atomic mass is 32.2. The molecule has 140 valence electrons. The number of aromatic amines is 1. The van der Waals surface area contributed by atoms with Crippen molar-refractivity contribution in [1.82, 2.24) is 19.7 Å². The molecule has 1 unspecified atom stereocenters. The van der Waals surface area contributed by atoms with Gasteiger partial charge < -0.3 is 9.72 Å². The van der Waals surface area contributed by atoms with Crippen LogP contribution in [0.25, 0.3) is 16.7 Å². The van der Waals surface area contributed by atoms with E-state index in [2.05, 4.69) is 15.1 Å². The van der Waals surface area contributed by atoms with E-state index in [9.17, 15) is 19.7 Å². The number of hydrogen-bond donors (Lipinski definition) is 1. The fourth-order valence-electron chi connectivity index (χ4n) is 2.33. The minimum absolute atomic E-state index is 0.0551. The molecule has 3 rings (SSSR count). The van der Waals surface area contributed by atoms with Crippen LogP contribution in [0.1, 0.15) is 13.8 Å². The van der Waals surface area contributed by atoms with Gasteiger partial charge in [0.25, 0.3) is 11.2 Å². The highest BCUT2D eigenvalue weighted by molar-refractivity contribution is 8.00. The summed E-state index contributed by atoms with van der Waals surface area (Å²) in [5, 5.41) is 14.9. The molecule has 0 saturated heterocycles. The Morgan fingerprint density at radius 2 is 2.11 bits per heavy atom. The lowest BCUT2D eigenvalue weighted by Crippen LogP contribution is -2.18. The number of hydrogen-bond acceptors (Lipinski definition) is 8. The van der Waals surface area contributed by atoms with Crippen LogP contribution in [0.5, 0.6) is 0 Å². The van der Waals surface area contributed by atoms with Crippen LogP contribution in [0.15, 0.2) is 40.4 Å². The van der Waals surface area contributed by atoms with Crippen molar-refractivity contribution >= 4 is 34.5 Å². The van der Waals surface area contributed by atoms with Crippen molar-refractivity contribution in [2.24, 2.45) is 0 Å². The van der Waals surface area contributed by atoms with Gasteiger partial charge in [-0.1, -0.05) is 11.8 Å². The number of aromatic nitrogens is 4. The molecular formula is C16H15N5O5S. The number of rotatable bonds is 6. The number of fused-ring (bicyclic) bond motifs is 1. The topological polar surface area (TPSA) is 133 Å². The van der Waals surface area contributed by atoms with E-state index in [1.165, 1.54) is 35.1 Å². The SMILES string of the molecule is CCOC(=O)C(C)Sc1nc2c(cnn2-c2ccc([N+](=O)[O-])cc2)c(=O)[nH]1. The lowest BCUT2D eigenvalue weighted by Gasteiger charge is -2.09. The fraction of sp³-hybridized carbons (Fsp3) is 0.250. The van der Waals surface area contributed by atoms with Gasteiger partial charge in [0.05, 0.1) is 23.4 Å². The van der Waals surface area contributed by atoms with Gasteiger partial charge in [-0.2, -0.15) is 5.10 Å². The minimum Gasteiger partial charge on any atom is -0.465 e. The Morgan fingerprint density at radius 3 is 2.74 bits per heavy atom. The van der Waals surface area contributed by atoms with Gasteiger partial charge in [0.1, 0.15) is 10.6 Å². The lowest BCUT2D eigenvalue weighted by atomic mass is 10.3. The first-order valence-electron chi connectivity index (χ1n) is 7.97. The predicted molar refractivity (Wildman–Crippen MR) is 98.1 cm³/mol. The number of carbonyl (C=O) groups is 1. The Labute approximate surface area is 156 Å². The van der Waals surface area contributed by atoms with Crippen molar-refractivity contribution in [3.05, 3.63) is 50.9 Å². The third-order valence-corrected chi connectivity index (χ3v) is 4.59. The number of H-pyrrole nitrogens is 1. The van der Waals surface area contributed by atoms with Crippen LogP contribution >= 0.6 is 11.8 Å². The number of non-ortho nitro benzene ring substituents is 1. The number of ether oxygens (including phenoxy) is 1. The van der Waals surface area contributed by atoms with E-state index < -0.39 is 21.7 Å². The van der Waals surface area contributed by atoms with Crippen LogP contribution in [0.2, 0.25) is 0 Å². The number of benzene rings is 1. The second-order valence-electron chi connectivity index (χ2n) is 5.45. The molecule has 1 N–H and O–H groups in total. The summed E-state index contributed by atoms with van der Waals surface area (Å²) in [6, 6.07) is 5.71. The second-order valence-corrected chi connectivity index (χ2v) is 6.78. The number of nitrogens with zero attached hydrogens (tertiary/aromatic N) is 4. The van der Waals surface area contributed by atoms with Crippen molar-refractivity contribution < 1.29 is 14.5 Å². The van der Waals surface area contributed by atoms with Crippen molar-refractivity contribution in [1.29, 1.82) is 0 Å². The van der Waals surface area contributed by atoms with Gasteiger partial charge in [-0.3, -0.25) is 19.7 Å². The van der Waals surface area contributed by atoms with E-state index in [0.717, 1.165) is 11.8 Å². The standard InChI is InChI=1S/C16H15N5O5S/c1-3-26-15(23)9(2)27-16-18-13-12(14(22)19-16)8-17-20(13)10-4-6-11(7-5-10)21(24)25/h4-9H,3H2,1-2H3,(H,18,19,22). The van der Waals surface area contributed by atoms with Crippen LogP contribution in [0.3, 0.4) is 0 Å². The van der Waals surface area contributed by atoms with E-state index in [4.69, 9.17) is 4.74 Å². The normalized spacial score (nSPS) is 12.1. The van der Waals surface area contributed by atoms with Gasteiger partial charge in [0.2, 0.25) is 0 Å². The lowest BCUT2D eigenvalue weighted by molar-refractivity contribution is -0.384. The maximum absolute atomic E-state index is 12.3. The highest BCUT2D eigenvalue weighted by Crippen LogP contribution is 2.23. The summed E-state index contributed by atoms with van der Waals surface area (Å²) >= 11 is 1.06. The highest BCUT2D eigenvalue weighted by Gasteiger charge is 2.19. The molecule has 0 aliphatic heterocycles. The van der Waals surface area contributed by atoms with Crippen LogP contribution in [0, 0.1) is 10.1 Å². The fourth-order valence-corrected chi connectivity index (χ4v) is 3.12. The summed E-state index contributed by atoms with van der Waals surface area (Å²) in [6.45, 7) is 3.63. The first kappa shape index (κ1) is 18.6. The van der Waals surface area contributed by atoms with Gasteiger partial charge in [-0.15, -0.1) is 0 Å². The summed E-state index contributed by atoms with van der Waals surface area (Å²) < 4.78 is 6.36. The van der Waals surface area contributed by atoms with Gasteiger partial charge in [0.15, 0.2) is 10.8 Å². The Morgan fingerprint density at radius 1 is 1.41 bits per heavy atom. The number of nitro groups is 1. The molecule has 0 aliphatic rings. The molecule has 0 fully saturated rings. The van der Waals surface area contributed by atoms with Gasteiger partial charge >= 0.3 is 5.97 Å². The summed E-state index contributed by atoms with van der Waals surface area (Å²) in [7, 11) is 0. The third kappa shape index (κ3) is 3.82. The van der Waals surface area contributed by atoms with Crippen molar-refractivity contribution in [2.45, 2.75) is 24.3 Å². The molecule has 0 aliphatic carbocycles. The first-order chi connectivity index (χ1) is 12.9. The molecule has 1 aromatic carbocycles. The predicted octanol–water partition coefficient (Wildman–Crippen LogP) is 2.06. The average Bonchev–Trinajstić information content (AvgIpc) is 3.06. The van der Waals surface area contributed by atoms with Gasteiger partial charge in [0, 0.05) is 12.1 Å². The third-order valence-electron chi connectivity index (χ3n) is 3.63. The van der Waals surface area contributed by atoms with Crippen LogP contribution in [-0.2, 0) is 9.53 Å². The maximum Gasteiger partial charge on any atom is 0.319 e. The molecule has 0 saturated carbocycles. The van der Waals surface area contributed by atoms with E-state index in [0.29, 0.717) is 5.69 Å². The molecule has 1 atom stereocenters. The molecule has 27 heavy (non-hydrogen) atoms. The van der Waals surface area contributed by atoms with Crippen LogP contribution in [-0.4, -0.2) is 42.5 Å². The number of carbonyl (C=O) groups excluding carboxylic acids is 1. The van der Waals surface area contributed by atoms with Crippen LogP contribution in [0.4, 0.5) is 5.69 Å². The molecule has 0 radical (unpaired) electrons.